The second-order valence-electron chi connectivity index (χ2n) is 7.56. The van der Waals surface area contributed by atoms with Crippen molar-refractivity contribution >= 4 is 23.2 Å². The maximum atomic E-state index is 13.3. The summed E-state index contributed by atoms with van der Waals surface area (Å²) in [4.78, 5) is 25.8. The van der Waals surface area contributed by atoms with Gasteiger partial charge >= 0.3 is 0 Å². The summed E-state index contributed by atoms with van der Waals surface area (Å²) in [5.74, 6) is -3.15. The number of benzene rings is 2. The van der Waals surface area contributed by atoms with Crippen molar-refractivity contribution in [3.63, 3.8) is 0 Å². The Morgan fingerprint density at radius 3 is 2.52 bits per heavy atom. The first-order valence-electron chi connectivity index (χ1n) is 10.2. The van der Waals surface area contributed by atoms with Gasteiger partial charge in [0.2, 0.25) is 5.91 Å². The van der Waals surface area contributed by atoms with Crippen molar-refractivity contribution in [1.29, 1.82) is 0 Å². The molecule has 7 heteroatoms. The van der Waals surface area contributed by atoms with Gasteiger partial charge in [-0.05, 0) is 72.0 Å². The van der Waals surface area contributed by atoms with Gasteiger partial charge in [-0.25, -0.2) is 8.78 Å². The Balaban J connectivity index is 1.45. The van der Waals surface area contributed by atoms with E-state index in [2.05, 4.69) is 28.8 Å². The lowest BCUT2D eigenvalue weighted by Crippen LogP contribution is -2.39. The minimum absolute atomic E-state index is 0.0452. The molecule has 1 aliphatic rings. The van der Waals surface area contributed by atoms with Crippen LogP contribution in [0.4, 0.5) is 8.78 Å². The first-order chi connectivity index (χ1) is 15.0. The fraction of sp³-hybridized carbons (Fsp3) is 0.250. The lowest BCUT2D eigenvalue weighted by molar-refractivity contribution is -0.120. The van der Waals surface area contributed by atoms with E-state index in [1.807, 2.05) is 17.5 Å². The van der Waals surface area contributed by atoms with Crippen molar-refractivity contribution in [3.8, 4) is 0 Å². The Labute approximate surface area is 183 Å². The summed E-state index contributed by atoms with van der Waals surface area (Å²) >= 11 is 1.55. The van der Waals surface area contributed by atoms with E-state index in [0.29, 0.717) is 0 Å². The van der Waals surface area contributed by atoms with Gasteiger partial charge in [-0.1, -0.05) is 24.3 Å². The quantitative estimate of drug-likeness (QED) is 0.591. The molecule has 2 N–H and O–H groups in total. The van der Waals surface area contributed by atoms with E-state index in [0.717, 1.165) is 35.4 Å². The number of aryl methyl sites for hydroxylation is 2. The molecule has 0 saturated carbocycles. The van der Waals surface area contributed by atoms with Crippen LogP contribution in [0, 0.1) is 11.6 Å². The van der Waals surface area contributed by atoms with E-state index in [9.17, 15) is 18.4 Å². The van der Waals surface area contributed by atoms with E-state index >= 15 is 0 Å². The van der Waals surface area contributed by atoms with Crippen molar-refractivity contribution in [3.05, 3.63) is 92.7 Å². The maximum absolute atomic E-state index is 13.3. The molecule has 1 atom stereocenters. The van der Waals surface area contributed by atoms with Gasteiger partial charge in [0, 0.05) is 10.4 Å². The average molecular weight is 441 g/mol. The van der Waals surface area contributed by atoms with Crippen molar-refractivity contribution in [1.82, 2.24) is 10.6 Å². The Morgan fingerprint density at radius 2 is 1.77 bits per heavy atom. The van der Waals surface area contributed by atoms with Gasteiger partial charge in [-0.3, -0.25) is 9.59 Å². The summed E-state index contributed by atoms with van der Waals surface area (Å²) in [5, 5.41) is 7.41. The Morgan fingerprint density at radius 1 is 0.968 bits per heavy atom. The topological polar surface area (TPSA) is 58.2 Å². The Kier molecular flexibility index (Phi) is 6.42. The molecular formula is C24H22F2N2O2S. The molecule has 0 radical (unpaired) electrons. The molecule has 160 valence electrons. The minimum atomic E-state index is -1.11. The maximum Gasteiger partial charge on any atom is 0.251 e. The number of nitrogens with one attached hydrogen (secondary N) is 2. The molecule has 0 fully saturated rings. The highest BCUT2D eigenvalue weighted by atomic mass is 32.1. The molecule has 2 amide bonds. The van der Waals surface area contributed by atoms with Gasteiger partial charge < -0.3 is 10.6 Å². The summed E-state index contributed by atoms with van der Waals surface area (Å²) in [7, 11) is 0. The molecule has 1 unspecified atom stereocenters. The largest absolute Gasteiger partial charge is 0.343 e. The SMILES string of the molecule is O=C(CNC(=O)c1ccc(F)c(F)c1)NC(c1ccc2c(c1)CCCC2)c1cccs1. The van der Waals surface area contributed by atoms with E-state index in [-0.39, 0.29) is 24.1 Å². The highest BCUT2D eigenvalue weighted by Gasteiger charge is 2.20. The molecule has 2 aromatic carbocycles. The lowest BCUT2D eigenvalue weighted by Gasteiger charge is -2.22. The molecule has 0 saturated heterocycles. The van der Waals surface area contributed by atoms with Gasteiger partial charge in [0.15, 0.2) is 11.6 Å². The van der Waals surface area contributed by atoms with Gasteiger partial charge in [0.25, 0.3) is 5.91 Å². The first-order valence-corrected chi connectivity index (χ1v) is 11.1. The lowest BCUT2D eigenvalue weighted by atomic mass is 9.89. The molecule has 1 heterocycles. The Bertz CT molecular complexity index is 1100. The zero-order chi connectivity index (χ0) is 21.8. The van der Waals surface area contributed by atoms with Crippen LogP contribution < -0.4 is 10.6 Å². The monoisotopic (exact) mass is 440 g/mol. The third-order valence-electron chi connectivity index (χ3n) is 5.43. The average Bonchev–Trinajstić information content (AvgIpc) is 3.32. The summed E-state index contributed by atoms with van der Waals surface area (Å²) in [6, 6.07) is 12.8. The number of amides is 2. The number of carbonyl (C=O) groups is 2. The van der Waals surface area contributed by atoms with Crippen LogP contribution in [-0.2, 0) is 17.6 Å². The molecule has 1 aromatic heterocycles. The minimum Gasteiger partial charge on any atom is -0.343 e. The molecule has 0 aliphatic heterocycles. The van der Waals surface area contributed by atoms with Crippen molar-refractivity contribution < 1.29 is 18.4 Å². The molecule has 4 rings (SSSR count). The molecule has 31 heavy (non-hydrogen) atoms. The van der Waals surface area contributed by atoms with Gasteiger partial charge in [0.1, 0.15) is 0 Å². The third-order valence-corrected chi connectivity index (χ3v) is 6.37. The number of hydrogen-bond acceptors (Lipinski definition) is 3. The molecular weight excluding hydrogens is 418 g/mol. The van der Waals surface area contributed by atoms with Crippen molar-refractivity contribution in [2.45, 2.75) is 31.7 Å². The van der Waals surface area contributed by atoms with E-state index in [1.165, 1.54) is 30.0 Å². The summed E-state index contributed by atoms with van der Waals surface area (Å²) in [6.45, 7) is -0.273. The van der Waals surface area contributed by atoms with Crippen LogP contribution in [-0.4, -0.2) is 18.4 Å². The van der Waals surface area contributed by atoms with Crippen LogP contribution in [0.15, 0.2) is 53.9 Å². The number of hydrogen-bond donors (Lipinski definition) is 2. The van der Waals surface area contributed by atoms with E-state index < -0.39 is 17.5 Å². The van der Waals surface area contributed by atoms with Crippen LogP contribution in [0.3, 0.4) is 0 Å². The summed E-state index contributed by atoms with van der Waals surface area (Å²) < 4.78 is 26.4. The third kappa shape index (κ3) is 4.99. The predicted molar refractivity (Wildman–Crippen MR) is 116 cm³/mol. The van der Waals surface area contributed by atoms with Gasteiger partial charge in [-0.15, -0.1) is 11.3 Å². The van der Waals surface area contributed by atoms with E-state index in [1.54, 1.807) is 11.3 Å². The van der Waals surface area contributed by atoms with Crippen LogP contribution in [0.25, 0.3) is 0 Å². The number of halogens is 2. The standard InChI is InChI=1S/C24H22F2N2O2S/c25-19-10-9-18(13-20(19)26)24(30)27-14-22(29)28-23(21-6-3-11-31-21)17-8-7-15-4-1-2-5-16(15)12-17/h3,6-13,23H,1-2,4-5,14H2,(H,27,30)(H,28,29). The predicted octanol–water partition coefficient (Wildman–Crippen LogP) is 4.54. The highest BCUT2D eigenvalue weighted by Crippen LogP contribution is 2.30. The molecule has 1 aliphatic carbocycles. The smallest absolute Gasteiger partial charge is 0.251 e. The summed E-state index contributed by atoms with van der Waals surface area (Å²) in [6.07, 6.45) is 4.50. The number of carbonyl (C=O) groups excluding carboxylic acids is 2. The highest BCUT2D eigenvalue weighted by molar-refractivity contribution is 7.10. The van der Waals surface area contributed by atoms with Crippen LogP contribution in [0.2, 0.25) is 0 Å². The fourth-order valence-electron chi connectivity index (χ4n) is 3.82. The number of fused-ring (bicyclic) bond motifs is 1. The summed E-state index contributed by atoms with van der Waals surface area (Å²) in [5.41, 5.74) is 3.65. The van der Waals surface area contributed by atoms with Crippen molar-refractivity contribution in [2.75, 3.05) is 6.54 Å². The zero-order valence-electron chi connectivity index (χ0n) is 16.8. The van der Waals surface area contributed by atoms with E-state index in [4.69, 9.17) is 0 Å². The number of rotatable bonds is 6. The zero-order valence-corrected chi connectivity index (χ0v) is 17.6. The van der Waals surface area contributed by atoms with Gasteiger partial charge in [-0.2, -0.15) is 0 Å². The van der Waals surface area contributed by atoms with Gasteiger partial charge in [0.05, 0.1) is 12.6 Å². The molecule has 0 spiro atoms. The van der Waals surface area contributed by atoms with Crippen LogP contribution >= 0.6 is 11.3 Å². The van der Waals surface area contributed by atoms with Crippen LogP contribution in [0.1, 0.15) is 50.8 Å². The van der Waals surface area contributed by atoms with Crippen molar-refractivity contribution in [2.24, 2.45) is 0 Å². The molecule has 4 nitrogen and oxygen atoms in total. The number of thiophene rings is 1. The second-order valence-corrected chi connectivity index (χ2v) is 8.54. The normalized spacial score (nSPS) is 13.9. The molecule has 3 aromatic rings. The Hall–Kier alpha value is -3.06. The first kappa shape index (κ1) is 21.2. The van der Waals surface area contributed by atoms with Crippen LogP contribution in [0.5, 0.6) is 0 Å². The fourth-order valence-corrected chi connectivity index (χ4v) is 4.62. The molecule has 0 bridgehead atoms. The second kappa shape index (κ2) is 9.39.